The summed E-state index contributed by atoms with van der Waals surface area (Å²) in [6, 6.07) is 7.85. The van der Waals surface area contributed by atoms with Crippen LogP contribution in [-0.4, -0.2) is 23.7 Å². The third kappa shape index (κ3) is 2.66. The fraction of sp³-hybridized carbons (Fsp3) is 0.533. The molecule has 1 unspecified atom stereocenters. The Morgan fingerprint density at radius 1 is 1.33 bits per heavy atom. The highest BCUT2D eigenvalue weighted by molar-refractivity contribution is 5.94. The van der Waals surface area contributed by atoms with Gasteiger partial charge in [0, 0.05) is 12.6 Å². The van der Waals surface area contributed by atoms with Gasteiger partial charge in [-0.2, -0.15) is 0 Å². The number of rotatable bonds is 3. The first-order chi connectivity index (χ1) is 8.74. The number of hydrogen-bond donors (Lipinski definition) is 1. The molecule has 0 bridgehead atoms. The predicted octanol–water partition coefficient (Wildman–Crippen LogP) is 3.54. The largest absolute Gasteiger partial charge is 0.478 e. The molecule has 1 aromatic rings. The van der Waals surface area contributed by atoms with Gasteiger partial charge < -0.3 is 10.0 Å². The van der Waals surface area contributed by atoms with Crippen molar-refractivity contribution in [3.8, 4) is 0 Å². The van der Waals surface area contributed by atoms with Gasteiger partial charge in [0.15, 0.2) is 0 Å². The standard InChI is InChI=1S/C15H21NO2/c1-2-12-8-4-3-7-11-16(12)14-10-6-5-9-13(14)15(17)18/h5-6,9-10,12H,2-4,7-8,11H2,1H3,(H,17,18). The van der Waals surface area contributed by atoms with Crippen molar-refractivity contribution in [2.75, 3.05) is 11.4 Å². The minimum absolute atomic E-state index is 0.429. The van der Waals surface area contributed by atoms with Crippen LogP contribution in [0.2, 0.25) is 0 Å². The van der Waals surface area contributed by atoms with Crippen molar-refractivity contribution in [2.45, 2.75) is 45.1 Å². The van der Waals surface area contributed by atoms with Crippen molar-refractivity contribution < 1.29 is 9.90 Å². The van der Waals surface area contributed by atoms with E-state index >= 15 is 0 Å². The Bertz CT molecular complexity index is 417. The second kappa shape index (κ2) is 5.89. The summed E-state index contributed by atoms with van der Waals surface area (Å²) in [7, 11) is 0. The van der Waals surface area contributed by atoms with Crippen LogP contribution in [0.15, 0.2) is 24.3 Å². The molecule has 1 aliphatic heterocycles. The van der Waals surface area contributed by atoms with E-state index in [4.69, 9.17) is 0 Å². The fourth-order valence-corrected chi connectivity index (χ4v) is 2.82. The summed E-state index contributed by atoms with van der Waals surface area (Å²) in [4.78, 5) is 13.6. The second-order valence-electron chi connectivity index (χ2n) is 4.93. The lowest BCUT2D eigenvalue weighted by molar-refractivity contribution is 0.0697. The Hall–Kier alpha value is -1.51. The lowest BCUT2D eigenvalue weighted by Crippen LogP contribution is -2.35. The maximum absolute atomic E-state index is 11.3. The first-order valence-electron chi connectivity index (χ1n) is 6.83. The lowest BCUT2D eigenvalue weighted by atomic mass is 10.1. The van der Waals surface area contributed by atoms with Gasteiger partial charge >= 0.3 is 5.97 Å². The van der Waals surface area contributed by atoms with E-state index in [1.54, 1.807) is 12.1 Å². The second-order valence-corrected chi connectivity index (χ2v) is 4.93. The Morgan fingerprint density at radius 2 is 2.11 bits per heavy atom. The molecule has 0 amide bonds. The molecule has 3 heteroatoms. The van der Waals surface area contributed by atoms with E-state index in [1.807, 2.05) is 12.1 Å². The topological polar surface area (TPSA) is 40.5 Å². The predicted molar refractivity (Wildman–Crippen MR) is 73.3 cm³/mol. The molecule has 1 heterocycles. The Morgan fingerprint density at radius 3 is 2.83 bits per heavy atom. The summed E-state index contributed by atoms with van der Waals surface area (Å²) < 4.78 is 0. The van der Waals surface area contributed by atoms with Crippen LogP contribution in [0, 0.1) is 0 Å². The first-order valence-corrected chi connectivity index (χ1v) is 6.83. The Kier molecular flexibility index (Phi) is 4.24. The molecule has 1 aromatic carbocycles. The minimum atomic E-state index is -0.829. The maximum Gasteiger partial charge on any atom is 0.337 e. The zero-order valence-electron chi connectivity index (χ0n) is 10.9. The minimum Gasteiger partial charge on any atom is -0.478 e. The van der Waals surface area contributed by atoms with E-state index < -0.39 is 5.97 Å². The van der Waals surface area contributed by atoms with Gasteiger partial charge in [0.05, 0.1) is 11.3 Å². The summed E-state index contributed by atoms with van der Waals surface area (Å²) in [6.07, 6.45) is 5.91. The van der Waals surface area contributed by atoms with Crippen LogP contribution in [0.1, 0.15) is 49.4 Å². The third-order valence-corrected chi connectivity index (χ3v) is 3.79. The number of carboxylic acid groups (broad SMARTS) is 1. The summed E-state index contributed by atoms with van der Waals surface area (Å²) in [5, 5.41) is 9.30. The zero-order chi connectivity index (χ0) is 13.0. The molecular weight excluding hydrogens is 226 g/mol. The van der Waals surface area contributed by atoms with E-state index in [0.29, 0.717) is 11.6 Å². The fourth-order valence-electron chi connectivity index (χ4n) is 2.82. The van der Waals surface area contributed by atoms with Crippen LogP contribution in [0.5, 0.6) is 0 Å². The highest BCUT2D eigenvalue weighted by atomic mass is 16.4. The highest BCUT2D eigenvalue weighted by Gasteiger charge is 2.23. The molecule has 1 atom stereocenters. The molecule has 3 nitrogen and oxygen atoms in total. The molecule has 18 heavy (non-hydrogen) atoms. The molecule has 0 aliphatic carbocycles. The molecule has 0 spiro atoms. The number of aromatic carboxylic acids is 1. The Labute approximate surface area is 108 Å². The van der Waals surface area contributed by atoms with Gasteiger partial charge in [-0.15, -0.1) is 0 Å². The normalized spacial score (nSPS) is 20.5. The van der Waals surface area contributed by atoms with Crippen LogP contribution in [0.3, 0.4) is 0 Å². The number of nitrogens with zero attached hydrogens (tertiary/aromatic N) is 1. The van der Waals surface area contributed by atoms with Crippen LogP contribution in [0.25, 0.3) is 0 Å². The number of carboxylic acids is 1. The van der Waals surface area contributed by atoms with Crippen molar-refractivity contribution in [3.63, 3.8) is 0 Å². The molecule has 1 fully saturated rings. The van der Waals surface area contributed by atoms with Crippen molar-refractivity contribution >= 4 is 11.7 Å². The molecular formula is C15H21NO2. The number of benzene rings is 1. The van der Waals surface area contributed by atoms with E-state index in [0.717, 1.165) is 25.1 Å². The summed E-state index contributed by atoms with van der Waals surface area (Å²) in [6.45, 7) is 3.16. The Balaban J connectivity index is 2.35. The van der Waals surface area contributed by atoms with Gasteiger partial charge in [0.1, 0.15) is 0 Å². The van der Waals surface area contributed by atoms with Crippen molar-refractivity contribution in [1.82, 2.24) is 0 Å². The molecule has 0 radical (unpaired) electrons. The molecule has 0 saturated carbocycles. The van der Waals surface area contributed by atoms with Crippen molar-refractivity contribution in [1.29, 1.82) is 0 Å². The maximum atomic E-state index is 11.3. The van der Waals surface area contributed by atoms with Gasteiger partial charge in [0.25, 0.3) is 0 Å². The van der Waals surface area contributed by atoms with Gasteiger partial charge in [-0.05, 0) is 31.4 Å². The SMILES string of the molecule is CCC1CCCCCN1c1ccccc1C(=O)O. The molecule has 2 rings (SSSR count). The van der Waals surface area contributed by atoms with Crippen molar-refractivity contribution in [2.24, 2.45) is 0 Å². The molecule has 0 aromatic heterocycles. The number of carbonyl (C=O) groups is 1. The van der Waals surface area contributed by atoms with Gasteiger partial charge in [-0.1, -0.05) is 31.9 Å². The number of anilines is 1. The highest BCUT2D eigenvalue weighted by Crippen LogP contribution is 2.28. The smallest absolute Gasteiger partial charge is 0.337 e. The summed E-state index contributed by atoms with van der Waals surface area (Å²) >= 11 is 0. The monoisotopic (exact) mass is 247 g/mol. The van der Waals surface area contributed by atoms with E-state index in [2.05, 4.69) is 11.8 Å². The summed E-state index contributed by atoms with van der Waals surface area (Å²) in [5.74, 6) is -0.829. The van der Waals surface area contributed by atoms with Crippen LogP contribution in [-0.2, 0) is 0 Å². The van der Waals surface area contributed by atoms with Gasteiger partial charge in [-0.25, -0.2) is 4.79 Å². The molecule has 1 N–H and O–H groups in total. The van der Waals surface area contributed by atoms with E-state index in [9.17, 15) is 9.90 Å². The van der Waals surface area contributed by atoms with Crippen LogP contribution < -0.4 is 4.90 Å². The van der Waals surface area contributed by atoms with Crippen LogP contribution in [0.4, 0.5) is 5.69 Å². The van der Waals surface area contributed by atoms with Crippen molar-refractivity contribution in [3.05, 3.63) is 29.8 Å². The third-order valence-electron chi connectivity index (χ3n) is 3.79. The van der Waals surface area contributed by atoms with Crippen LogP contribution >= 0.6 is 0 Å². The number of hydrogen-bond acceptors (Lipinski definition) is 2. The molecule has 1 saturated heterocycles. The zero-order valence-corrected chi connectivity index (χ0v) is 10.9. The van der Waals surface area contributed by atoms with E-state index in [-0.39, 0.29) is 0 Å². The molecule has 98 valence electrons. The van der Waals surface area contributed by atoms with E-state index in [1.165, 1.54) is 19.3 Å². The quantitative estimate of drug-likeness (QED) is 0.888. The number of para-hydroxylation sites is 1. The van der Waals surface area contributed by atoms with Gasteiger partial charge in [-0.3, -0.25) is 0 Å². The molecule has 1 aliphatic rings. The lowest BCUT2D eigenvalue weighted by Gasteiger charge is -2.32. The summed E-state index contributed by atoms with van der Waals surface area (Å²) in [5.41, 5.74) is 1.32. The van der Waals surface area contributed by atoms with Gasteiger partial charge in [0.2, 0.25) is 0 Å². The first kappa shape index (κ1) is 12.9. The average molecular weight is 247 g/mol. The average Bonchev–Trinajstić information content (AvgIpc) is 2.63.